The van der Waals surface area contributed by atoms with Gasteiger partial charge in [0.1, 0.15) is 12.2 Å². The molecule has 0 aliphatic carbocycles. The van der Waals surface area contributed by atoms with Gasteiger partial charge in [0.05, 0.1) is 5.39 Å². The predicted molar refractivity (Wildman–Crippen MR) is 57.7 cm³/mol. The summed E-state index contributed by atoms with van der Waals surface area (Å²) in [5.74, 6) is -3.09. The fraction of sp³-hybridized carbons (Fsp3) is 0.300. The molecule has 0 saturated carbocycles. The van der Waals surface area contributed by atoms with E-state index in [1.165, 1.54) is 6.07 Å². The van der Waals surface area contributed by atoms with Crippen molar-refractivity contribution in [1.29, 1.82) is 0 Å². The Hall–Kier alpha value is -2.32. The maximum absolute atomic E-state index is 12.8. The number of aryl methyl sites for hydroxylation is 1. The topological polar surface area (TPSA) is 88.0 Å². The molecule has 0 amide bonds. The molecule has 0 spiro atoms. The Morgan fingerprint density at radius 3 is 2.68 bits per heavy atom. The van der Waals surface area contributed by atoms with Crippen LogP contribution in [0.1, 0.15) is 11.5 Å². The Labute approximate surface area is 103 Å². The van der Waals surface area contributed by atoms with E-state index in [4.69, 9.17) is 5.11 Å². The number of carbonyl (C=O) groups is 1. The van der Waals surface area contributed by atoms with E-state index in [1.807, 2.05) is 0 Å². The molecule has 2 N–H and O–H groups in total. The summed E-state index contributed by atoms with van der Waals surface area (Å²) in [5.41, 5.74) is -0.790. The van der Waals surface area contributed by atoms with Crippen molar-refractivity contribution in [1.82, 2.24) is 14.5 Å². The zero-order valence-electron chi connectivity index (χ0n) is 9.58. The molecule has 0 aliphatic heterocycles. The first-order valence-corrected chi connectivity index (χ1v) is 5.09. The molecule has 0 fully saturated rings. The van der Waals surface area contributed by atoms with E-state index in [0.29, 0.717) is 5.69 Å². The van der Waals surface area contributed by atoms with Gasteiger partial charge in [0, 0.05) is 5.69 Å². The van der Waals surface area contributed by atoms with Crippen LogP contribution in [0.2, 0.25) is 0 Å². The van der Waals surface area contributed by atoms with Crippen LogP contribution >= 0.6 is 0 Å². The number of fused-ring (bicyclic) bond motifs is 1. The lowest BCUT2D eigenvalue weighted by molar-refractivity contribution is -0.150. The van der Waals surface area contributed by atoms with Gasteiger partial charge in [-0.25, -0.2) is 4.98 Å². The summed E-state index contributed by atoms with van der Waals surface area (Å²) >= 11 is 0. The highest BCUT2D eigenvalue weighted by Crippen LogP contribution is 2.27. The van der Waals surface area contributed by atoms with Gasteiger partial charge >= 0.3 is 12.1 Å². The number of aliphatic carboxylic acids is 1. The van der Waals surface area contributed by atoms with Crippen molar-refractivity contribution in [3.63, 3.8) is 0 Å². The number of H-pyrrole nitrogens is 1. The number of hydrogen-bond acceptors (Lipinski definition) is 3. The van der Waals surface area contributed by atoms with Crippen molar-refractivity contribution < 1.29 is 23.1 Å². The largest absolute Gasteiger partial charge is 0.480 e. The van der Waals surface area contributed by atoms with E-state index >= 15 is 0 Å². The highest BCUT2D eigenvalue weighted by atomic mass is 19.4. The lowest BCUT2D eigenvalue weighted by atomic mass is 10.3. The number of carboxylic acids is 1. The van der Waals surface area contributed by atoms with E-state index in [9.17, 15) is 22.8 Å². The quantitative estimate of drug-likeness (QED) is 0.860. The minimum Gasteiger partial charge on any atom is -0.480 e. The molecule has 6 nitrogen and oxygen atoms in total. The van der Waals surface area contributed by atoms with Gasteiger partial charge in [0.15, 0.2) is 0 Å². The van der Waals surface area contributed by atoms with Gasteiger partial charge in [-0.3, -0.25) is 14.2 Å². The van der Waals surface area contributed by atoms with E-state index in [1.54, 1.807) is 6.92 Å². The zero-order chi connectivity index (χ0) is 14.4. The average molecular weight is 275 g/mol. The molecule has 0 saturated heterocycles. The molecule has 19 heavy (non-hydrogen) atoms. The van der Waals surface area contributed by atoms with Crippen molar-refractivity contribution in [3.8, 4) is 0 Å². The van der Waals surface area contributed by atoms with Gasteiger partial charge in [-0.1, -0.05) is 0 Å². The Bertz CT molecular complexity index is 714. The Morgan fingerprint density at radius 1 is 1.53 bits per heavy atom. The van der Waals surface area contributed by atoms with Crippen molar-refractivity contribution >= 4 is 17.0 Å². The molecule has 9 heteroatoms. The molecule has 0 bridgehead atoms. The summed E-state index contributed by atoms with van der Waals surface area (Å²) in [5, 5.41) is 8.52. The SMILES string of the molecule is Cc1cc2c(=O)n(CC(=O)O)c(C(F)(F)F)nc2[nH]1. The highest BCUT2D eigenvalue weighted by Gasteiger charge is 2.38. The molecule has 2 heterocycles. The standard InChI is InChI=1S/C10H8F3N3O3/c1-4-2-5-7(14-4)15-9(10(11,12)13)16(8(5)19)3-6(17)18/h2,14H,3H2,1H3,(H,17,18). The van der Waals surface area contributed by atoms with Crippen LogP contribution < -0.4 is 5.56 Å². The number of carboxylic acid groups (broad SMARTS) is 1. The summed E-state index contributed by atoms with van der Waals surface area (Å²) in [7, 11) is 0. The highest BCUT2D eigenvalue weighted by molar-refractivity contribution is 5.76. The monoisotopic (exact) mass is 275 g/mol. The molecule has 0 radical (unpaired) electrons. The summed E-state index contributed by atoms with van der Waals surface area (Å²) in [6.07, 6.45) is -4.91. The molecule has 0 aliphatic rings. The summed E-state index contributed by atoms with van der Waals surface area (Å²) in [6, 6.07) is 1.32. The molecular formula is C10H8F3N3O3. The molecule has 0 atom stereocenters. The number of rotatable bonds is 2. The first kappa shape index (κ1) is 13.1. The molecule has 2 aromatic heterocycles. The summed E-state index contributed by atoms with van der Waals surface area (Å²) in [4.78, 5) is 28.3. The molecule has 102 valence electrons. The van der Waals surface area contributed by atoms with Crippen LogP contribution in [0, 0.1) is 6.92 Å². The number of aromatic nitrogens is 3. The summed E-state index contributed by atoms with van der Waals surface area (Å²) < 4.78 is 38.5. The molecule has 0 aromatic carbocycles. The van der Waals surface area contributed by atoms with Crippen molar-refractivity contribution in [2.24, 2.45) is 0 Å². The molecule has 2 rings (SSSR count). The van der Waals surface area contributed by atoms with Gasteiger partial charge in [-0.15, -0.1) is 0 Å². The van der Waals surface area contributed by atoms with Crippen LogP contribution in [-0.4, -0.2) is 25.6 Å². The third-order valence-corrected chi connectivity index (χ3v) is 2.43. The van der Waals surface area contributed by atoms with E-state index < -0.39 is 30.1 Å². The van der Waals surface area contributed by atoms with Crippen LogP contribution in [0.4, 0.5) is 13.2 Å². The minimum atomic E-state index is -4.91. The first-order valence-electron chi connectivity index (χ1n) is 5.09. The third kappa shape index (κ3) is 2.30. The van der Waals surface area contributed by atoms with Gasteiger partial charge in [0.2, 0.25) is 5.82 Å². The predicted octanol–water partition coefficient (Wildman–Crippen LogP) is 1.14. The van der Waals surface area contributed by atoms with Crippen molar-refractivity contribution in [2.75, 3.05) is 0 Å². The van der Waals surface area contributed by atoms with Crippen LogP contribution in [0.15, 0.2) is 10.9 Å². The van der Waals surface area contributed by atoms with Crippen LogP contribution in [0.5, 0.6) is 0 Å². The zero-order valence-corrected chi connectivity index (χ0v) is 9.58. The normalized spacial score (nSPS) is 12.0. The number of halogens is 3. The van der Waals surface area contributed by atoms with Crippen molar-refractivity contribution in [3.05, 3.63) is 27.9 Å². The molecule has 2 aromatic rings. The van der Waals surface area contributed by atoms with Gasteiger partial charge in [-0.2, -0.15) is 13.2 Å². The van der Waals surface area contributed by atoms with Gasteiger partial charge < -0.3 is 10.1 Å². The first-order chi connectivity index (χ1) is 8.70. The van der Waals surface area contributed by atoms with Crippen molar-refractivity contribution in [2.45, 2.75) is 19.6 Å². The fourth-order valence-electron chi connectivity index (χ4n) is 1.73. The number of alkyl halides is 3. The fourth-order valence-corrected chi connectivity index (χ4v) is 1.73. The minimum absolute atomic E-state index is 0.0771. The lowest BCUT2D eigenvalue weighted by Gasteiger charge is -2.12. The number of nitrogens with zero attached hydrogens (tertiary/aromatic N) is 2. The number of nitrogens with one attached hydrogen (secondary N) is 1. The number of hydrogen-bond donors (Lipinski definition) is 2. The van der Waals surface area contributed by atoms with Gasteiger partial charge in [-0.05, 0) is 13.0 Å². The Balaban J connectivity index is 2.84. The third-order valence-electron chi connectivity index (χ3n) is 2.43. The maximum atomic E-state index is 12.8. The summed E-state index contributed by atoms with van der Waals surface area (Å²) in [6.45, 7) is 0.455. The van der Waals surface area contributed by atoms with E-state index in [0.717, 1.165) is 0 Å². The second kappa shape index (κ2) is 4.11. The second-order valence-electron chi connectivity index (χ2n) is 3.93. The lowest BCUT2D eigenvalue weighted by Crippen LogP contribution is -2.32. The van der Waals surface area contributed by atoms with Crippen LogP contribution in [0.3, 0.4) is 0 Å². The molecular weight excluding hydrogens is 267 g/mol. The Morgan fingerprint density at radius 2 is 2.16 bits per heavy atom. The second-order valence-corrected chi connectivity index (χ2v) is 3.93. The van der Waals surface area contributed by atoms with E-state index in [-0.39, 0.29) is 15.6 Å². The maximum Gasteiger partial charge on any atom is 0.449 e. The van der Waals surface area contributed by atoms with Gasteiger partial charge in [0.25, 0.3) is 5.56 Å². The average Bonchev–Trinajstić information content (AvgIpc) is 2.61. The Kier molecular flexibility index (Phi) is 2.84. The smallest absolute Gasteiger partial charge is 0.449 e. The van der Waals surface area contributed by atoms with Crippen LogP contribution in [0.25, 0.3) is 11.0 Å². The van der Waals surface area contributed by atoms with Crippen LogP contribution in [-0.2, 0) is 17.5 Å². The number of aromatic amines is 1. The molecule has 0 unspecified atom stereocenters. The van der Waals surface area contributed by atoms with E-state index in [2.05, 4.69) is 9.97 Å².